The van der Waals surface area contributed by atoms with Gasteiger partial charge in [0.15, 0.2) is 11.4 Å². The number of Topliss-reactive ketones (excluding diaryl/α,β-unsaturated/α-hetero) is 1. The van der Waals surface area contributed by atoms with Crippen molar-refractivity contribution in [3.63, 3.8) is 0 Å². The highest BCUT2D eigenvalue weighted by Gasteiger charge is 2.29. The number of para-hydroxylation sites is 1. The smallest absolute Gasteiger partial charge is 0.328 e. The number of pyridine rings is 1. The number of hydrogen-bond donors (Lipinski definition) is 3. The van der Waals surface area contributed by atoms with E-state index in [0.717, 1.165) is 22.0 Å². The van der Waals surface area contributed by atoms with E-state index in [4.69, 9.17) is 10.7 Å². The zero-order valence-electron chi connectivity index (χ0n) is 18.9. The van der Waals surface area contributed by atoms with E-state index in [1.54, 1.807) is 19.3 Å². The van der Waals surface area contributed by atoms with Crippen LogP contribution in [0.15, 0.2) is 47.5 Å². The van der Waals surface area contributed by atoms with E-state index in [1.807, 2.05) is 35.2 Å². The lowest BCUT2D eigenvalue weighted by Gasteiger charge is -2.30. The summed E-state index contributed by atoms with van der Waals surface area (Å²) in [6, 6.07) is 9.83. The van der Waals surface area contributed by atoms with Crippen LogP contribution < -0.4 is 16.3 Å². The van der Waals surface area contributed by atoms with E-state index >= 15 is 0 Å². The van der Waals surface area contributed by atoms with E-state index in [1.165, 1.54) is 9.08 Å². The number of nitrogens with zero attached hydrogens (tertiary/aromatic N) is 6. The molecule has 1 aliphatic heterocycles. The number of anilines is 2. The summed E-state index contributed by atoms with van der Waals surface area (Å²) in [5.41, 5.74) is 9.76. The highest BCUT2D eigenvalue weighted by atomic mass is 16.3. The van der Waals surface area contributed by atoms with Crippen LogP contribution >= 0.6 is 0 Å². The Hall–Kier alpha value is -4.67. The fourth-order valence-corrected chi connectivity index (χ4v) is 4.65. The number of aromatic amines is 1. The zero-order chi connectivity index (χ0) is 24.3. The Morgan fingerprint density at radius 1 is 1.23 bits per heavy atom. The number of aromatic nitrogens is 6. The fourth-order valence-electron chi connectivity index (χ4n) is 4.65. The zero-order valence-corrected chi connectivity index (χ0v) is 18.9. The first kappa shape index (κ1) is 20.9. The molecular weight excluding hydrogens is 448 g/mol. The van der Waals surface area contributed by atoms with Gasteiger partial charge in [-0.15, -0.1) is 0 Å². The Morgan fingerprint density at radius 2 is 2.06 bits per heavy atom. The van der Waals surface area contributed by atoms with Crippen LogP contribution in [0.25, 0.3) is 27.7 Å². The molecule has 11 nitrogen and oxygen atoms in total. The molecule has 0 radical (unpaired) electrons. The summed E-state index contributed by atoms with van der Waals surface area (Å²) in [7, 11) is 0. The fraction of sp³-hybridized carbons (Fsp3) is 0.208. The van der Waals surface area contributed by atoms with Crippen molar-refractivity contribution < 1.29 is 9.90 Å². The minimum absolute atomic E-state index is 0.169. The van der Waals surface area contributed by atoms with Gasteiger partial charge in [0, 0.05) is 42.2 Å². The molecule has 0 atom stereocenters. The minimum Gasteiger partial charge on any atom is -0.493 e. The van der Waals surface area contributed by atoms with Gasteiger partial charge in [-0.05, 0) is 12.1 Å². The number of benzene rings is 1. The molecule has 0 saturated carbocycles. The lowest BCUT2D eigenvalue weighted by atomic mass is 10.1. The third-order valence-corrected chi connectivity index (χ3v) is 6.47. The van der Waals surface area contributed by atoms with Gasteiger partial charge in [-0.25, -0.2) is 9.78 Å². The van der Waals surface area contributed by atoms with E-state index in [2.05, 4.69) is 15.1 Å². The normalized spacial score (nSPS) is 13.5. The first-order valence-electron chi connectivity index (χ1n) is 11.3. The quantitative estimate of drug-likeness (QED) is 0.339. The molecule has 0 spiro atoms. The summed E-state index contributed by atoms with van der Waals surface area (Å²) in [6.45, 7) is 2.70. The Balaban J connectivity index is 1.54. The molecule has 0 saturated heterocycles. The predicted octanol–water partition coefficient (Wildman–Crippen LogP) is 2.33. The van der Waals surface area contributed by atoms with Gasteiger partial charge in [-0.1, -0.05) is 25.1 Å². The number of hydrogen-bond acceptors (Lipinski definition) is 8. The maximum absolute atomic E-state index is 13.0. The van der Waals surface area contributed by atoms with Crippen LogP contribution in [0, 0.1) is 0 Å². The van der Waals surface area contributed by atoms with Gasteiger partial charge in [-0.2, -0.15) is 9.61 Å². The second-order valence-electron chi connectivity index (χ2n) is 8.48. The summed E-state index contributed by atoms with van der Waals surface area (Å²) in [5, 5.41) is 15.6. The van der Waals surface area contributed by atoms with Gasteiger partial charge >= 0.3 is 5.69 Å². The van der Waals surface area contributed by atoms with Crippen LogP contribution in [-0.4, -0.2) is 46.6 Å². The number of fused-ring (bicyclic) bond motifs is 3. The van der Waals surface area contributed by atoms with Crippen molar-refractivity contribution in [1.82, 2.24) is 29.1 Å². The summed E-state index contributed by atoms with van der Waals surface area (Å²) < 4.78 is 2.96. The number of ketones is 1. The first-order valence-corrected chi connectivity index (χ1v) is 11.3. The highest BCUT2D eigenvalue weighted by molar-refractivity contribution is 6.05. The number of rotatable bonds is 4. The molecule has 0 amide bonds. The molecule has 0 aliphatic carbocycles. The molecule has 176 valence electrons. The predicted molar refractivity (Wildman–Crippen MR) is 131 cm³/mol. The topological polar surface area (TPSA) is 147 Å². The molecule has 1 aromatic carbocycles. The van der Waals surface area contributed by atoms with Crippen molar-refractivity contribution in [2.24, 2.45) is 0 Å². The first-order chi connectivity index (χ1) is 17.0. The van der Waals surface area contributed by atoms with Crippen LogP contribution in [0.4, 0.5) is 11.6 Å². The van der Waals surface area contributed by atoms with Crippen molar-refractivity contribution in [2.45, 2.75) is 26.4 Å². The summed E-state index contributed by atoms with van der Waals surface area (Å²) >= 11 is 0. The molecule has 35 heavy (non-hydrogen) atoms. The van der Waals surface area contributed by atoms with E-state index in [-0.39, 0.29) is 41.7 Å². The second-order valence-corrected chi connectivity index (χ2v) is 8.48. The Kier molecular flexibility index (Phi) is 4.59. The maximum Gasteiger partial charge on any atom is 0.328 e. The molecule has 0 unspecified atom stereocenters. The van der Waals surface area contributed by atoms with Crippen LogP contribution in [-0.2, 0) is 13.1 Å². The number of imidazole rings is 1. The molecule has 0 bridgehead atoms. The molecule has 5 aromatic rings. The standard InChI is InChI=1S/C24H22N8O3/c1-2-18(33)19-20(25)32-21(15(11-27-32)14-9-13-5-3-4-6-16(13)26-10-14)28-22(19)30-7-8-31-17(12-30)23(34)29-24(31)35/h3-6,9-11,34H,2,7-8,12,25H2,1H3,(H,29,35). The Labute approximate surface area is 198 Å². The molecule has 4 N–H and O–H groups in total. The van der Waals surface area contributed by atoms with Crippen molar-refractivity contribution in [3.05, 3.63) is 64.5 Å². The van der Waals surface area contributed by atoms with Crippen LogP contribution in [0.1, 0.15) is 29.4 Å². The third kappa shape index (κ3) is 3.15. The molecule has 5 heterocycles. The minimum atomic E-state index is -0.369. The third-order valence-electron chi connectivity index (χ3n) is 6.47. The van der Waals surface area contributed by atoms with E-state index in [0.29, 0.717) is 30.2 Å². The molecule has 0 fully saturated rings. The largest absolute Gasteiger partial charge is 0.493 e. The molecule has 11 heteroatoms. The number of nitrogens with one attached hydrogen (secondary N) is 1. The summed E-state index contributed by atoms with van der Waals surface area (Å²) in [4.78, 5) is 38.7. The van der Waals surface area contributed by atoms with Gasteiger partial charge in [0.05, 0.1) is 18.3 Å². The maximum atomic E-state index is 13.0. The summed E-state index contributed by atoms with van der Waals surface area (Å²) in [5.74, 6) is 0.233. The van der Waals surface area contributed by atoms with Gasteiger partial charge in [0.25, 0.3) is 0 Å². The van der Waals surface area contributed by atoms with Crippen molar-refractivity contribution in [1.29, 1.82) is 0 Å². The van der Waals surface area contributed by atoms with Crippen molar-refractivity contribution in [2.75, 3.05) is 17.2 Å². The number of aromatic hydroxyl groups is 1. The molecule has 6 rings (SSSR count). The number of carbonyl (C=O) groups excluding carboxylic acids is 1. The number of nitrogens with two attached hydrogens (primary N) is 1. The average molecular weight is 470 g/mol. The average Bonchev–Trinajstić information content (AvgIpc) is 3.43. The SMILES string of the molecule is CCC(=O)c1c(N2CCn3c(c(O)[nH]c3=O)C2)nc2c(-c3cnc4ccccc4c3)cnn2c1N. The molecular formula is C24H22N8O3. The Bertz CT molecular complexity index is 1700. The monoisotopic (exact) mass is 470 g/mol. The Morgan fingerprint density at radius 3 is 2.89 bits per heavy atom. The molecule has 4 aromatic heterocycles. The lowest BCUT2D eigenvalue weighted by Crippen LogP contribution is -2.38. The second kappa shape index (κ2) is 7.69. The van der Waals surface area contributed by atoms with Crippen molar-refractivity contribution in [3.8, 4) is 17.0 Å². The number of carbonyl (C=O) groups is 1. The van der Waals surface area contributed by atoms with Gasteiger partial charge in [0.1, 0.15) is 22.9 Å². The number of H-pyrrole nitrogens is 1. The number of nitrogen functional groups attached to an aromatic ring is 1. The van der Waals surface area contributed by atoms with E-state index < -0.39 is 0 Å². The molecule has 1 aliphatic rings. The summed E-state index contributed by atoms with van der Waals surface area (Å²) in [6.07, 6.45) is 3.67. The highest BCUT2D eigenvalue weighted by Crippen LogP contribution is 2.34. The van der Waals surface area contributed by atoms with Crippen LogP contribution in [0.5, 0.6) is 5.88 Å². The van der Waals surface area contributed by atoms with Gasteiger partial charge < -0.3 is 15.7 Å². The van der Waals surface area contributed by atoms with Gasteiger partial charge in [0.2, 0.25) is 5.88 Å². The van der Waals surface area contributed by atoms with Gasteiger partial charge in [-0.3, -0.25) is 19.3 Å². The van der Waals surface area contributed by atoms with Crippen LogP contribution in [0.2, 0.25) is 0 Å². The van der Waals surface area contributed by atoms with Crippen LogP contribution in [0.3, 0.4) is 0 Å². The van der Waals surface area contributed by atoms with E-state index in [9.17, 15) is 14.7 Å². The van der Waals surface area contributed by atoms with Crippen molar-refractivity contribution >= 4 is 34.0 Å². The lowest BCUT2D eigenvalue weighted by molar-refractivity contribution is 0.0988.